The van der Waals surface area contributed by atoms with E-state index in [-0.39, 0.29) is 17.7 Å². The summed E-state index contributed by atoms with van der Waals surface area (Å²) in [5, 5.41) is 9.12. The molecule has 2 aliphatic rings. The van der Waals surface area contributed by atoms with Crippen molar-refractivity contribution >= 4 is 11.9 Å². The number of carbonyl (C=O) groups is 2. The zero-order valence-corrected chi connectivity index (χ0v) is 12.7. The van der Waals surface area contributed by atoms with Crippen LogP contribution in [0.5, 0.6) is 0 Å². The minimum Gasteiger partial charge on any atom is -0.481 e. The molecule has 1 saturated carbocycles. The average molecular weight is 281 g/mol. The van der Waals surface area contributed by atoms with Crippen LogP contribution in [0.15, 0.2) is 0 Å². The molecule has 2 atom stereocenters. The van der Waals surface area contributed by atoms with Gasteiger partial charge >= 0.3 is 5.97 Å². The summed E-state index contributed by atoms with van der Waals surface area (Å²) in [6.07, 6.45) is 5.20. The molecule has 20 heavy (non-hydrogen) atoms. The molecule has 2 unspecified atom stereocenters. The van der Waals surface area contributed by atoms with Gasteiger partial charge in [0.2, 0.25) is 5.91 Å². The van der Waals surface area contributed by atoms with Crippen LogP contribution in [0.2, 0.25) is 0 Å². The Morgan fingerprint density at radius 3 is 2.20 bits per heavy atom. The molecule has 0 aromatic rings. The van der Waals surface area contributed by atoms with E-state index in [2.05, 4.69) is 13.8 Å². The van der Waals surface area contributed by atoms with Gasteiger partial charge in [-0.2, -0.15) is 0 Å². The Bertz CT molecular complexity index is 359. The predicted molar refractivity (Wildman–Crippen MR) is 77.2 cm³/mol. The molecule has 0 radical (unpaired) electrons. The lowest BCUT2D eigenvalue weighted by atomic mass is 9.80. The highest BCUT2D eigenvalue weighted by Crippen LogP contribution is 2.32. The van der Waals surface area contributed by atoms with Crippen LogP contribution in [0.25, 0.3) is 0 Å². The molecule has 1 heterocycles. The van der Waals surface area contributed by atoms with Crippen molar-refractivity contribution in [1.29, 1.82) is 0 Å². The standard InChI is InChI=1S/C16H27NO3/c1-11(2)12-6-8-17(9-7-12)15(18)13-4-3-5-14(10-13)16(19)20/h11-14H,3-10H2,1-2H3,(H,19,20). The van der Waals surface area contributed by atoms with E-state index in [9.17, 15) is 9.59 Å². The van der Waals surface area contributed by atoms with Gasteiger partial charge in [0.25, 0.3) is 0 Å². The molecular formula is C16H27NO3. The third-order valence-electron chi connectivity index (χ3n) is 5.17. The lowest BCUT2D eigenvalue weighted by molar-refractivity contribution is -0.146. The molecule has 1 aliphatic carbocycles. The summed E-state index contributed by atoms with van der Waals surface area (Å²) >= 11 is 0. The van der Waals surface area contributed by atoms with Crippen LogP contribution in [-0.2, 0) is 9.59 Å². The topological polar surface area (TPSA) is 57.6 Å². The van der Waals surface area contributed by atoms with E-state index in [1.165, 1.54) is 0 Å². The Labute approximate surface area is 121 Å². The maximum atomic E-state index is 12.5. The molecule has 1 amide bonds. The Kier molecular flexibility index (Phi) is 5.06. The van der Waals surface area contributed by atoms with Crippen molar-refractivity contribution in [3.05, 3.63) is 0 Å². The molecule has 0 bridgehead atoms. The van der Waals surface area contributed by atoms with Crippen LogP contribution in [0.1, 0.15) is 52.4 Å². The predicted octanol–water partition coefficient (Wildman–Crippen LogP) is 2.77. The number of hydrogen-bond donors (Lipinski definition) is 1. The van der Waals surface area contributed by atoms with Crippen LogP contribution in [-0.4, -0.2) is 35.0 Å². The first kappa shape index (κ1) is 15.3. The third kappa shape index (κ3) is 3.53. The molecule has 0 aromatic heterocycles. The molecule has 1 N–H and O–H groups in total. The number of amides is 1. The number of aliphatic carboxylic acids is 1. The van der Waals surface area contributed by atoms with Crippen molar-refractivity contribution in [3.8, 4) is 0 Å². The monoisotopic (exact) mass is 281 g/mol. The summed E-state index contributed by atoms with van der Waals surface area (Å²) in [5.74, 6) is 0.529. The summed E-state index contributed by atoms with van der Waals surface area (Å²) in [6, 6.07) is 0. The maximum absolute atomic E-state index is 12.5. The molecule has 114 valence electrons. The number of carboxylic acid groups (broad SMARTS) is 1. The first-order valence-electron chi connectivity index (χ1n) is 8.00. The van der Waals surface area contributed by atoms with Gasteiger partial charge < -0.3 is 10.0 Å². The third-order valence-corrected chi connectivity index (χ3v) is 5.17. The quantitative estimate of drug-likeness (QED) is 0.865. The Balaban J connectivity index is 1.87. The SMILES string of the molecule is CC(C)C1CCN(C(=O)C2CCCC(C(=O)O)C2)CC1. The lowest BCUT2D eigenvalue weighted by Gasteiger charge is -2.37. The van der Waals surface area contributed by atoms with E-state index < -0.39 is 5.97 Å². The number of piperidine rings is 1. The summed E-state index contributed by atoms with van der Waals surface area (Å²) < 4.78 is 0. The van der Waals surface area contributed by atoms with E-state index in [1.54, 1.807) is 0 Å². The Hall–Kier alpha value is -1.06. The fourth-order valence-corrected chi connectivity index (χ4v) is 3.68. The highest BCUT2D eigenvalue weighted by Gasteiger charge is 2.34. The molecular weight excluding hydrogens is 254 g/mol. The van der Waals surface area contributed by atoms with Gasteiger partial charge in [0.05, 0.1) is 5.92 Å². The largest absolute Gasteiger partial charge is 0.481 e. The Morgan fingerprint density at radius 2 is 1.65 bits per heavy atom. The first-order valence-corrected chi connectivity index (χ1v) is 8.00. The fourth-order valence-electron chi connectivity index (χ4n) is 3.68. The zero-order valence-electron chi connectivity index (χ0n) is 12.7. The maximum Gasteiger partial charge on any atom is 0.306 e. The fraction of sp³-hybridized carbons (Fsp3) is 0.875. The highest BCUT2D eigenvalue weighted by atomic mass is 16.4. The van der Waals surface area contributed by atoms with Crippen LogP contribution >= 0.6 is 0 Å². The van der Waals surface area contributed by atoms with Gasteiger partial charge in [-0.3, -0.25) is 9.59 Å². The van der Waals surface area contributed by atoms with Gasteiger partial charge in [-0.15, -0.1) is 0 Å². The van der Waals surface area contributed by atoms with Crippen molar-refractivity contribution in [2.24, 2.45) is 23.7 Å². The van der Waals surface area contributed by atoms with Gasteiger partial charge in [0.1, 0.15) is 0 Å². The number of rotatable bonds is 3. The van der Waals surface area contributed by atoms with Gasteiger partial charge in [-0.25, -0.2) is 0 Å². The second kappa shape index (κ2) is 6.59. The number of carbonyl (C=O) groups excluding carboxylic acids is 1. The lowest BCUT2D eigenvalue weighted by Crippen LogP contribution is -2.44. The summed E-state index contributed by atoms with van der Waals surface area (Å²) in [5.41, 5.74) is 0. The summed E-state index contributed by atoms with van der Waals surface area (Å²) in [4.78, 5) is 25.6. The molecule has 0 spiro atoms. The summed E-state index contributed by atoms with van der Waals surface area (Å²) in [6.45, 7) is 6.22. The second-order valence-electron chi connectivity index (χ2n) is 6.81. The van der Waals surface area contributed by atoms with Gasteiger partial charge in [-0.05, 0) is 43.9 Å². The first-order chi connectivity index (χ1) is 9.49. The molecule has 2 rings (SSSR count). The van der Waals surface area contributed by atoms with Crippen molar-refractivity contribution in [1.82, 2.24) is 4.90 Å². The number of nitrogens with zero attached hydrogens (tertiary/aromatic N) is 1. The van der Waals surface area contributed by atoms with Crippen LogP contribution in [0.4, 0.5) is 0 Å². The van der Waals surface area contributed by atoms with Gasteiger partial charge in [-0.1, -0.05) is 20.3 Å². The van der Waals surface area contributed by atoms with Crippen molar-refractivity contribution in [3.63, 3.8) is 0 Å². The van der Waals surface area contributed by atoms with E-state index in [0.29, 0.717) is 12.3 Å². The van der Waals surface area contributed by atoms with Crippen molar-refractivity contribution < 1.29 is 14.7 Å². The zero-order chi connectivity index (χ0) is 14.7. The molecule has 4 heteroatoms. The molecule has 1 saturated heterocycles. The van der Waals surface area contributed by atoms with Crippen molar-refractivity contribution in [2.45, 2.75) is 52.4 Å². The van der Waals surface area contributed by atoms with Crippen LogP contribution in [0, 0.1) is 23.7 Å². The smallest absolute Gasteiger partial charge is 0.306 e. The molecule has 2 fully saturated rings. The van der Waals surface area contributed by atoms with E-state index in [0.717, 1.165) is 51.1 Å². The number of hydrogen-bond acceptors (Lipinski definition) is 2. The van der Waals surface area contributed by atoms with Gasteiger partial charge in [0, 0.05) is 19.0 Å². The van der Waals surface area contributed by atoms with E-state index in [4.69, 9.17) is 5.11 Å². The van der Waals surface area contributed by atoms with E-state index >= 15 is 0 Å². The van der Waals surface area contributed by atoms with Gasteiger partial charge in [0.15, 0.2) is 0 Å². The molecule has 4 nitrogen and oxygen atoms in total. The number of likely N-dealkylation sites (tertiary alicyclic amines) is 1. The van der Waals surface area contributed by atoms with Crippen molar-refractivity contribution in [2.75, 3.05) is 13.1 Å². The normalized spacial score (nSPS) is 28.6. The molecule has 0 aromatic carbocycles. The second-order valence-corrected chi connectivity index (χ2v) is 6.81. The highest BCUT2D eigenvalue weighted by molar-refractivity contribution is 5.80. The van der Waals surface area contributed by atoms with Crippen LogP contribution < -0.4 is 0 Å². The Morgan fingerprint density at radius 1 is 1.05 bits per heavy atom. The molecule has 1 aliphatic heterocycles. The van der Waals surface area contributed by atoms with Crippen LogP contribution in [0.3, 0.4) is 0 Å². The number of carboxylic acids is 1. The minimum atomic E-state index is -0.735. The minimum absolute atomic E-state index is 0.0551. The van der Waals surface area contributed by atoms with E-state index in [1.807, 2.05) is 4.90 Å². The summed E-state index contributed by atoms with van der Waals surface area (Å²) in [7, 11) is 0. The average Bonchev–Trinajstić information content (AvgIpc) is 2.46.